The fraction of sp³-hybridized carbons (Fsp3) is 0.273. The minimum Gasteiger partial charge on any atom is -0.497 e. The van der Waals surface area contributed by atoms with Gasteiger partial charge in [0.15, 0.2) is 0 Å². The van der Waals surface area contributed by atoms with Gasteiger partial charge >= 0.3 is 0 Å². The lowest BCUT2D eigenvalue weighted by Crippen LogP contribution is -2.28. The molecule has 0 saturated carbocycles. The van der Waals surface area contributed by atoms with Crippen LogP contribution in [0.2, 0.25) is 5.02 Å². The first-order chi connectivity index (χ1) is 14.0. The second-order valence-corrected chi connectivity index (χ2v) is 7.06. The van der Waals surface area contributed by atoms with Gasteiger partial charge in [-0.1, -0.05) is 11.6 Å². The lowest BCUT2D eigenvalue weighted by molar-refractivity contribution is 0.0794. The number of fused-ring (bicyclic) bond motifs is 1. The zero-order chi connectivity index (χ0) is 20.8. The average molecular weight is 414 g/mol. The van der Waals surface area contributed by atoms with Crippen molar-refractivity contribution in [2.24, 2.45) is 0 Å². The first-order valence-electron chi connectivity index (χ1n) is 9.28. The monoisotopic (exact) mass is 413 g/mol. The van der Waals surface area contributed by atoms with Crippen molar-refractivity contribution in [2.75, 3.05) is 39.7 Å². The highest BCUT2D eigenvalue weighted by Gasteiger charge is 2.14. The number of rotatable bonds is 8. The van der Waals surface area contributed by atoms with Gasteiger partial charge in [-0.05, 0) is 42.8 Å². The molecule has 1 N–H and O–H groups in total. The highest BCUT2D eigenvalue weighted by molar-refractivity contribution is 6.31. The van der Waals surface area contributed by atoms with Gasteiger partial charge in [0.2, 0.25) is 0 Å². The summed E-state index contributed by atoms with van der Waals surface area (Å²) in [6, 6.07) is 12.8. The SMILES string of the molecule is COc1cc(OC)cc(C(=O)N(C)CCCNc2ccnc3cc(Cl)ccc23)c1. The third-order valence-electron chi connectivity index (χ3n) is 4.64. The van der Waals surface area contributed by atoms with Gasteiger partial charge in [-0.25, -0.2) is 0 Å². The number of amides is 1. The molecule has 3 aromatic rings. The standard InChI is InChI=1S/C22H24ClN3O3/c1-26(22(27)15-11-17(28-2)14-18(12-15)29-3)10-4-8-24-20-7-9-25-21-13-16(23)5-6-19(20)21/h5-7,9,11-14H,4,8,10H2,1-3H3,(H,24,25). The van der Waals surface area contributed by atoms with Crippen LogP contribution >= 0.6 is 11.6 Å². The van der Waals surface area contributed by atoms with Crippen molar-refractivity contribution in [1.29, 1.82) is 0 Å². The van der Waals surface area contributed by atoms with Gasteiger partial charge in [0, 0.05) is 54.1 Å². The first kappa shape index (κ1) is 20.7. The van der Waals surface area contributed by atoms with Crippen molar-refractivity contribution in [1.82, 2.24) is 9.88 Å². The Kier molecular flexibility index (Phi) is 6.77. The summed E-state index contributed by atoms with van der Waals surface area (Å²) < 4.78 is 10.5. The Morgan fingerprint density at radius 3 is 2.52 bits per heavy atom. The Hall–Kier alpha value is -2.99. The number of anilines is 1. The van der Waals surface area contributed by atoms with Crippen LogP contribution in [-0.4, -0.2) is 50.1 Å². The van der Waals surface area contributed by atoms with E-state index in [0.29, 0.717) is 28.6 Å². The van der Waals surface area contributed by atoms with E-state index in [0.717, 1.165) is 29.6 Å². The zero-order valence-electron chi connectivity index (χ0n) is 16.7. The lowest BCUT2D eigenvalue weighted by atomic mass is 10.1. The number of ether oxygens (including phenoxy) is 2. The van der Waals surface area contributed by atoms with Crippen LogP contribution in [0.25, 0.3) is 10.9 Å². The van der Waals surface area contributed by atoms with E-state index in [9.17, 15) is 4.79 Å². The van der Waals surface area contributed by atoms with Gasteiger partial charge in [-0.15, -0.1) is 0 Å². The van der Waals surface area contributed by atoms with Crippen LogP contribution in [0.15, 0.2) is 48.7 Å². The third-order valence-corrected chi connectivity index (χ3v) is 4.87. The number of aromatic nitrogens is 1. The summed E-state index contributed by atoms with van der Waals surface area (Å²) in [7, 11) is 4.92. The lowest BCUT2D eigenvalue weighted by Gasteiger charge is -2.18. The number of pyridine rings is 1. The Morgan fingerprint density at radius 1 is 1.10 bits per heavy atom. The molecule has 1 amide bonds. The summed E-state index contributed by atoms with van der Waals surface area (Å²) in [6.07, 6.45) is 2.55. The molecule has 1 aromatic heterocycles. The van der Waals surface area contributed by atoms with Crippen molar-refractivity contribution < 1.29 is 14.3 Å². The number of halogens is 1. The molecule has 0 aliphatic carbocycles. The van der Waals surface area contributed by atoms with Crippen LogP contribution in [0, 0.1) is 0 Å². The Bertz CT molecular complexity index is 988. The van der Waals surface area contributed by atoms with E-state index in [4.69, 9.17) is 21.1 Å². The Labute approximate surface area is 175 Å². The molecule has 0 fully saturated rings. The third kappa shape index (κ3) is 5.09. The molecular formula is C22H24ClN3O3. The van der Waals surface area contributed by atoms with Crippen molar-refractivity contribution in [2.45, 2.75) is 6.42 Å². The molecule has 0 bridgehead atoms. The summed E-state index contributed by atoms with van der Waals surface area (Å²) in [5.74, 6) is 1.10. The topological polar surface area (TPSA) is 63.7 Å². The first-order valence-corrected chi connectivity index (χ1v) is 9.66. The van der Waals surface area contributed by atoms with E-state index >= 15 is 0 Å². The molecule has 0 aliphatic rings. The van der Waals surface area contributed by atoms with Crippen molar-refractivity contribution in [3.05, 3.63) is 59.2 Å². The maximum atomic E-state index is 12.7. The molecule has 0 aliphatic heterocycles. The van der Waals surface area contributed by atoms with Gasteiger partial charge in [-0.2, -0.15) is 0 Å². The van der Waals surface area contributed by atoms with E-state index in [1.807, 2.05) is 24.3 Å². The van der Waals surface area contributed by atoms with Crippen LogP contribution in [-0.2, 0) is 0 Å². The maximum absolute atomic E-state index is 12.7. The summed E-state index contributed by atoms with van der Waals surface area (Å²) in [5, 5.41) is 5.10. The number of methoxy groups -OCH3 is 2. The summed E-state index contributed by atoms with van der Waals surface area (Å²) in [5.41, 5.74) is 2.38. The van der Waals surface area contributed by atoms with Crippen LogP contribution in [0.4, 0.5) is 5.69 Å². The van der Waals surface area contributed by atoms with E-state index in [-0.39, 0.29) is 5.91 Å². The Balaban J connectivity index is 1.58. The minimum absolute atomic E-state index is 0.0776. The Morgan fingerprint density at radius 2 is 1.83 bits per heavy atom. The molecule has 2 aromatic carbocycles. The molecule has 7 heteroatoms. The fourth-order valence-electron chi connectivity index (χ4n) is 3.07. The molecule has 3 rings (SSSR count). The smallest absolute Gasteiger partial charge is 0.253 e. The molecule has 0 unspecified atom stereocenters. The molecule has 0 atom stereocenters. The molecular weight excluding hydrogens is 390 g/mol. The maximum Gasteiger partial charge on any atom is 0.253 e. The van der Waals surface area contributed by atoms with Gasteiger partial charge in [0.05, 0.1) is 19.7 Å². The number of hydrogen-bond donors (Lipinski definition) is 1. The van der Waals surface area contributed by atoms with Crippen LogP contribution in [0.3, 0.4) is 0 Å². The summed E-state index contributed by atoms with van der Waals surface area (Å²) in [4.78, 5) is 18.8. The number of hydrogen-bond acceptors (Lipinski definition) is 5. The van der Waals surface area contributed by atoms with E-state index in [1.54, 1.807) is 50.6 Å². The molecule has 152 valence electrons. The van der Waals surface area contributed by atoms with Crippen molar-refractivity contribution >= 4 is 34.1 Å². The number of benzene rings is 2. The summed E-state index contributed by atoms with van der Waals surface area (Å²) in [6.45, 7) is 1.33. The van der Waals surface area contributed by atoms with Crippen LogP contribution < -0.4 is 14.8 Å². The predicted molar refractivity (Wildman–Crippen MR) is 116 cm³/mol. The van der Waals surface area contributed by atoms with Crippen LogP contribution in [0.5, 0.6) is 11.5 Å². The molecule has 1 heterocycles. The normalized spacial score (nSPS) is 10.6. The minimum atomic E-state index is -0.0776. The van der Waals surface area contributed by atoms with Crippen LogP contribution in [0.1, 0.15) is 16.8 Å². The van der Waals surface area contributed by atoms with Crippen molar-refractivity contribution in [3.63, 3.8) is 0 Å². The number of carbonyl (C=O) groups excluding carboxylic acids is 1. The molecule has 0 radical (unpaired) electrons. The average Bonchev–Trinajstić information content (AvgIpc) is 2.75. The number of carbonyl (C=O) groups is 1. The van der Waals surface area contributed by atoms with E-state index in [1.165, 1.54) is 0 Å². The molecule has 6 nitrogen and oxygen atoms in total. The fourth-order valence-corrected chi connectivity index (χ4v) is 3.23. The largest absolute Gasteiger partial charge is 0.497 e. The summed E-state index contributed by atoms with van der Waals surface area (Å²) >= 11 is 6.04. The van der Waals surface area contributed by atoms with E-state index in [2.05, 4.69) is 10.3 Å². The number of nitrogens with one attached hydrogen (secondary N) is 1. The van der Waals surface area contributed by atoms with Gasteiger partial charge in [0.25, 0.3) is 5.91 Å². The van der Waals surface area contributed by atoms with Gasteiger partial charge in [-0.3, -0.25) is 9.78 Å². The molecule has 0 spiro atoms. The van der Waals surface area contributed by atoms with Gasteiger partial charge in [0.1, 0.15) is 11.5 Å². The molecule has 29 heavy (non-hydrogen) atoms. The quantitative estimate of drug-likeness (QED) is 0.551. The highest BCUT2D eigenvalue weighted by atomic mass is 35.5. The number of nitrogens with zero attached hydrogens (tertiary/aromatic N) is 2. The van der Waals surface area contributed by atoms with Gasteiger partial charge < -0.3 is 19.7 Å². The second-order valence-electron chi connectivity index (χ2n) is 6.63. The van der Waals surface area contributed by atoms with Crippen molar-refractivity contribution in [3.8, 4) is 11.5 Å². The van der Waals surface area contributed by atoms with E-state index < -0.39 is 0 Å². The second kappa shape index (κ2) is 9.47. The zero-order valence-corrected chi connectivity index (χ0v) is 17.5. The predicted octanol–water partition coefficient (Wildman–Crippen LogP) is 4.48. The molecule has 0 saturated heterocycles. The highest BCUT2D eigenvalue weighted by Crippen LogP contribution is 2.25.